The number of rotatable bonds is 10. The van der Waals surface area contributed by atoms with Crippen molar-refractivity contribution in [3.05, 3.63) is 119 Å². The fourth-order valence-corrected chi connectivity index (χ4v) is 9.37. The third kappa shape index (κ3) is 8.32. The van der Waals surface area contributed by atoms with E-state index in [1.54, 1.807) is 50.4 Å². The first kappa shape index (κ1) is 42.7. The standard InChI is InChI=1S/C42H41F6N5O6S/c1-25-49-35-21-31(14-16-36(35)51(25)2)60(57,58)52(3)29-12-9-27(10-13-29)41(56)22-30(53-18-17-40(44,45)24-53)20-32(37(41)39(55)59-23-26-7-5-4-6-8-26)38(54)50-34-15-11-28(19-33(34)43)42(46,47)48/h4-16,19,21,30,32,37,56H,17-18,20,22-24H2,1-3H3,(H,50,54)/t30-,32-,37-,41-/m0/s1. The number of fused-ring (bicyclic) bond motifs is 1. The monoisotopic (exact) mass is 857 g/mol. The number of aromatic nitrogens is 2. The van der Waals surface area contributed by atoms with Gasteiger partial charge in [0, 0.05) is 33.1 Å². The number of alkyl halides is 5. The highest BCUT2D eigenvalue weighted by atomic mass is 32.2. The topological polar surface area (TPSA) is 134 Å². The summed E-state index contributed by atoms with van der Waals surface area (Å²) in [5.41, 5.74) is -2.39. The Hall–Kier alpha value is -5.46. The van der Waals surface area contributed by atoms with Gasteiger partial charge in [0.05, 0.1) is 45.3 Å². The second-order valence-corrected chi connectivity index (χ2v) is 17.3. The summed E-state index contributed by atoms with van der Waals surface area (Å²) in [6.07, 6.45) is -6.05. The maximum Gasteiger partial charge on any atom is 0.416 e. The van der Waals surface area contributed by atoms with Crippen molar-refractivity contribution in [2.24, 2.45) is 18.9 Å². The summed E-state index contributed by atoms with van der Waals surface area (Å²) in [7, 11) is -1.05. The summed E-state index contributed by atoms with van der Waals surface area (Å²) in [6, 6.07) is 19.0. The van der Waals surface area contributed by atoms with Crippen molar-refractivity contribution in [3.63, 3.8) is 0 Å². The van der Waals surface area contributed by atoms with Crippen LogP contribution in [-0.2, 0) is 49.8 Å². The van der Waals surface area contributed by atoms with Gasteiger partial charge in [0.15, 0.2) is 0 Å². The number of anilines is 2. The molecule has 2 N–H and O–H groups in total. The van der Waals surface area contributed by atoms with Crippen LogP contribution in [0.25, 0.3) is 11.0 Å². The number of hydrogen-bond donors (Lipinski definition) is 2. The lowest BCUT2D eigenvalue weighted by Crippen LogP contribution is -2.57. The summed E-state index contributed by atoms with van der Waals surface area (Å²) < 4.78 is 120. The van der Waals surface area contributed by atoms with Gasteiger partial charge >= 0.3 is 12.1 Å². The van der Waals surface area contributed by atoms with Crippen LogP contribution in [0, 0.1) is 24.6 Å². The molecule has 1 amide bonds. The number of aliphatic hydroxyl groups is 1. The fourth-order valence-electron chi connectivity index (χ4n) is 8.15. The van der Waals surface area contributed by atoms with E-state index in [-0.39, 0.29) is 48.2 Å². The van der Waals surface area contributed by atoms with Gasteiger partial charge in [-0.2, -0.15) is 13.2 Å². The Morgan fingerprint density at radius 2 is 1.72 bits per heavy atom. The zero-order valence-electron chi connectivity index (χ0n) is 32.6. The molecule has 1 aromatic heterocycles. The molecule has 0 bridgehead atoms. The second-order valence-electron chi connectivity index (χ2n) is 15.3. The zero-order chi connectivity index (χ0) is 43.4. The van der Waals surface area contributed by atoms with Crippen molar-refractivity contribution in [2.45, 2.75) is 61.4 Å². The number of carbonyl (C=O) groups excluding carboxylic acids is 2. The lowest BCUT2D eigenvalue weighted by atomic mass is 9.63. The molecule has 0 radical (unpaired) electrons. The van der Waals surface area contributed by atoms with Gasteiger partial charge in [0.1, 0.15) is 29.8 Å². The molecule has 2 heterocycles. The molecular weight excluding hydrogens is 817 g/mol. The lowest BCUT2D eigenvalue weighted by molar-refractivity contribution is -0.178. The molecule has 11 nitrogen and oxygen atoms in total. The van der Waals surface area contributed by atoms with E-state index in [2.05, 4.69) is 10.3 Å². The Morgan fingerprint density at radius 3 is 2.35 bits per heavy atom. The molecule has 5 aromatic rings. The van der Waals surface area contributed by atoms with E-state index in [0.29, 0.717) is 29.0 Å². The van der Waals surface area contributed by atoms with Gasteiger partial charge in [-0.25, -0.2) is 26.6 Å². The maximum absolute atomic E-state index is 15.1. The van der Waals surface area contributed by atoms with Gasteiger partial charge < -0.3 is 19.7 Å². The molecule has 1 aliphatic carbocycles. The number of aryl methyl sites for hydroxylation is 2. The number of carbonyl (C=O) groups is 2. The smallest absolute Gasteiger partial charge is 0.416 e. The number of hydrogen-bond acceptors (Lipinski definition) is 8. The number of amides is 1. The third-order valence-corrected chi connectivity index (χ3v) is 13.3. The van der Waals surface area contributed by atoms with Crippen LogP contribution in [0.15, 0.2) is 95.9 Å². The van der Waals surface area contributed by atoms with Crippen molar-refractivity contribution < 1.29 is 54.2 Å². The van der Waals surface area contributed by atoms with Crippen LogP contribution < -0.4 is 9.62 Å². The van der Waals surface area contributed by atoms with E-state index < -0.39 is 87.5 Å². The molecular formula is C42H41F6N5O6S. The number of nitrogens with one attached hydrogen (secondary N) is 1. The molecule has 0 spiro atoms. The Labute approximate surface area is 341 Å². The number of esters is 1. The van der Waals surface area contributed by atoms with Crippen LogP contribution in [0.3, 0.4) is 0 Å². The highest BCUT2D eigenvalue weighted by molar-refractivity contribution is 7.92. The van der Waals surface area contributed by atoms with E-state index in [4.69, 9.17) is 4.74 Å². The highest BCUT2D eigenvalue weighted by Gasteiger charge is 2.57. The Balaban J connectivity index is 1.26. The predicted octanol–water partition coefficient (Wildman–Crippen LogP) is 7.17. The highest BCUT2D eigenvalue weighted by Crippen LogP contribution is 2.49. The first-order valence-electron chi connectivity index (χ1n) is 18.9. The van der Waals surface area contributed by atoms with E-state index in [1.807, 2.05) is 4.57 Å². The minimum Gasteiger partial charge on any atom is -0.460 e. The van der Waals surface area contributed by atoms with Crippen LogP contribution in [0.2, 0.25) is 0 Å². The number of nitrogens with zero attached hydrogens (tertiary/aromatic N) is 4. The van der Waals surface area contributed by atoms with Gasteiger partial charge in [-0.3, -0.25) is 18.8 Å². The average molecular weight is 858 g/mol. The van der Waals surface area contributed by atoms with Crippen molar-refractivity contribution in [1.29, 1.82) is 0 Å². The second kappa shape index (κ2) is 15.9. The SMILES string of the molecule is Cc1nc2cc(S(=O)(=O)N(C)c3ccc([C@@]4(O)C[C@@H](N5CCC(F)(F)C5)C[C@H](C(=O)Nc5ccc(C(F)(F)F)cc5F)[C@H]4C(=O)OCc4ccccc4)cc3)ccc2n1C. The quantitative estimate of drug-likeness (QED) is 0.112. The lowest BCUT2D eigenvalue weighted by Gasteiger charge is -2.48. The van der Waals surface area contributed by atoms with E-state index in [1.165, 1.54) is 48.3 Å². The van der Waals surface area contributed by atoms with Gasteiger partial charge in [0.25, 0.3) is 15.9 Å². The minimum atomic E-state index is -4.89. The number of imidazole rings is 1. The van der Waals surface area contributed by atoms with E-state index in [0.717, 1.165) is 9.82 Å². The predicted molar refractivity (Wildman–Crippen MR) is 209 cm³/mol. The average Bonchev–Trinajstić information content (AvgIpc) is 3.72. The summed E-state index contributed by atoms with van der Waals surface area (Å²) in [4.78, 5) is 34.3. The summed E-state index contributed by atoms with van der Waals surface area (Å²) in [5.74, 6) is -9.34. The molecule has 2 aliphatic rings. The molecule has 1 saturated heterocycles. The Bertz CT molecular complexity index is 2540. The molecule has 1 saturated carbocycles. The van der Waals surface area contributed by atoms with Gasteiger partial charge in [-0.15, -0.1) is 0 Å². The summed E-state index contributed by atoms with van der Waals surface area (Å²) in [6.45, 7) is 0.654. The first-order valence-corrected chi connectivity index (χ1v) is 20.4. The van der Waals surface area contributed by atoms with Gasteiger partial charge in [0.2, 0.25) is 5.91 Å². The molecule has 2 fully saturated rings. The molecule has 1 aliphatic heterocycles. The fraction of sp³-hybridized carbons (Fsp3) is 0.357. The van der Waals surface area contributed by atoms with Crippen LogP contribution in [0.1, 0.15) is 41.8 Å². The summed E-state index contributed by atoms with van der Waals surface area (Å²) >= 11 is 0. The Kier molecular flexibility index (Phi) is 11.3. The third-order valence-electron chi connectivity index (χ3n) is 11.5. The van der Waals surface area contributed by atoms with Crippen molar-refractivity contribution >= 4 is 44.3 Å². The molecule has 18 heteroatoms. The van der Waals surface area contributed by atoms with Crippen LogP contribution in [0.4, 0.5) is 37.7 Å². The largest absolute Gasteiger partial charge is 0.460 e. The van der Waals surface area contributed by atoms with Gasteiger partial charge in [-0.05, 0) is 79.4 Å². The molecule has 4 atom stereocenters. The molecule has 0 unspecified atom stereocenters. The maximum atomic E-state index is 15.1. The van der Waals surface area contributed by atoms with Crippen molar-refractivity contribution in [1.82, 2.24) is 14.5 Å². The van der Waals surface area contributed by atoms with Crippen LogP contribution >= 0.6 is 0 Å². The molecule has 318 valence electrons. The number of halogens is 6. The van der Waals surface area contributed by atoms with E-state index in [9.17, 15) is 45.1 Å². The first-order chi connectivity index (χ1) is 28.2. The summed E-state index contributed by atoms with van der Waals surface area (Å²) in [5, 5.41) is 15.1. The van der Waals surface area contributed by atoms with Crippen molar-refractivity contribution in [2.75, 3.05) is 29.8 Å². The number of ether oxygens (including phenoxy) is 1. The van der Waals surface area contributed by atoms with Crippen molar-refractivity contribution in [3.8, 4) is 0 Å². The van der Waals surface area contributed by atoms with Crippen LogP contribution in [0.5, 0.6) is 0 Å². The van der Waals surface area contributed by atoms with Crippen LogP contribution in [-0.4, -0.2) is 72.0 Å². The van der Waals surface area contributed by atoms with E-state index >= 15 is 4.39 Å². The minimum absolute atomic E-state index is 0.0123. The van der Waals surface area contributed by atoms with Gasteiger partial charge in [-0.1, -0.05) is 42.5 Å². The normalized spacial score (nSPS) is 22.1. The zero-order valence-corrected chi connectivity index (χ0v) is 33.4. The molecule has 4 aromatic carbocycles. The number of benzene rings is 4. The Morgan fingerprint density at radius 1 is 1.02 bits per heavy atom. The molecule has 7 rings (SSSR count). The molecule has 60 heavy (non-hydrogen) atoms. The number of likely N-dealkylation sites (tertiary alicyclic amines) is 1. The number of sulfonamides is 1.